The smallest absolute Gasteiger partial charge is 0.326 e. The normalized spacial score (nSPS) is 13.8. The molecule has 0 spiro atoms. The fraction of sp³-hybridized carbons (Fsp3) is 0.286. The van der Waals surface area contributed by atoms with E-state index >= 15 is 0 Å². The van der Waals surface area contributed by atoms with Crippen molar-refractivity contribution in [3.63, 3.8) is 0 Å². The van der Waals surface area contributed by atoms with Crippen molar-refractivity contribution in [2.75, 3.05) is 26.2 Å². The summed E-state index contributed by atoms with van der Waals surface area (Å²) in [5.41, 5.74) is 1.04. The van der Waals surface area contributed by atoms with Crippen molar-refractivity contribution in [2.24, 2.45) is 0 Å². The Morgan fingerprint density at radius 1 is 1.03 bits per heavy atom. The monoisotopic (exact) mass is 399 g/mol. The number of rotatable bonds is 8. The number of amides is 1. The topological polar surface area (TPSA) is 102 Å². The Bertz CT molecular complexity index is 955. The lowest BCUT2D eigenvalue weighted by Crippen LogP contribution is -2.44. The van der Waals surface area contributed by atoms with E-state index in [-0.39, 0.29) is 34.9 Å². The lowest BCUT2D eigenvalue weighted by atomic mass is 10.0. The number of aliphatic carboxylic acids is 1. The van der Waals surface area contributed by atoms with E-state index in [1.165, 1.54) is 27.4 Å². The Hall–Kier alpha value is -3.55. The molecule has 1 aliphatic rings. The molecule has 2 aromatic carbocycles. The summed E-state index contributed by atoms with van der Waals surface area (Å²) in [6.45, 7) is 0. The highest BCUT2D eigenvalue weighted by molar-refractivity contribution is 6.53. The van der Waals surface area contributed by atoms with Crippen LogP contribution in [0.2, 0.25) is 0 Å². The predicted molar refractivity (Wildman–Crippen MR) is 104 cm³/mol. The summed E-state index contributed by atoms with van der Waals surface area (Å²) in [6, 6.07) is 9.53. The lowest BCUT2D eigenvalue weighted by molar-refractivity contribution is -0.139. The van der Waals surface area contributed by atoms with Crippen LogP contribution < -0.4 is 19.1 Å². The fourth-order valence-electron chi connectivity index (χ4n) is 3.50. The van der Waals surface area contributed by atoms with Crippen molar-refractivity contribution in [3.8, 4) is 17.2 Å². The first-order valence-corrected chi connectivity index (χ1v) is 8.92. The van der Waals surface area contributed by atoms with E-state index in [9.17, 15) is 19.5 Å². The van der Waals surface area contributed by atoms with Crippen molar-refractivity contribution in [1.29, 1.82) is 0 Å². The molecule has 0 radical (unpaired) electrons. The van der Waals surface area contributed by atoms with Crippen LogP contribution in [0.15, 0.2) is 36.4 Å². The van der Waals surface area contributed by atoms with Crippen molar-refractivity contribution >= 4 is 23.3 Å². The second kappa shape index (κ2) is 8.22. The summed E-state index contributed by atoms with van der Waals surface area (Å²) in [7, 11) is 4.12. The number of hydrogen-bond donors (Lipinski definition) is 1. The van der Waals surface area contributed by atoms with Gasteiger partial charge in [-0.1, -0.05) is 30.3 Å². The van der Waals surface area contributed by atoms with Gasteiger partial charge in [0.05, 0.1) is 32.6 Å². The standard InChI is InChI=1S/C21H21NO7/c1-27-15-11-14-16(19(29-3)18(15)28-2)17(23)20(24)22(14)13(21(25)26)10-9-12-7-5-4-6-8-12/h4-8,11,13H,9-10H2,1-3H3,(H,25,26). The number of nitrogens with zero attached hydrogens (tertiary/aromatic N) is 1. The minimum Gasteiger partial charge on any atom is -0.493 e. The Morgan fingerprint density at radius 3 is 2.24 bits per heavy atom. The second-order valence-electron chi connectivity index (χ2n) is 6.42. The number of fused-ring (bicyclic) bond motifs is 1. The zero-order chi connectivity index (χ0) is 21.1. The molecular weight excluding hydrogens is 378 g/mol. The maximum atomic E-state index is 12.8. The summed E-state index contributed by atoms with van der Waals surface area (Å²) >= 11 is 0. The third-order valence-corrected chi connectivity index (χ3v) is 4.85. The molecule has 1 unspecified atom stereocenters. The van der Waals surface area contributed by atoms with Crippen molar-refractivity contribution in [3.05, 3.63) is 47.5 Å². The molecule has 29 heavy (non-hydrogen) atoms. The molecule has 1 N–H and O–H groups in total. The van der Waals surface area contributed by atoms with Crippen molar-refractivity contribution < 1.29 is 33.7 Å². The molecule has 1 amide bonds. The number of carbonyl (C=O) groups is 3. The first kappa shape index (κ1) is 20.2. The molecule has 8 nitrogen and oxygen atoms in total. The predicted octanol–water partition coefficient (Wildman–Crippen LogP) is 2.33. The molecule has 152 valence electrons. The third-order valence-electron chi connectivity index (χ3n) is 4.85. The van der Waals surface area contributed by atoms with Gasteiger partial charge >= 0.3 is 5.97 Å². The molecule has 8 heteroatoms. The minimum absolute atomic E-state index is 0.0267. The molecule has 3 rings (SSSR count). The summed E-state index contributed by atoms with van der Waals surface area (Å²) in [5, 5.41) is 9.80. The number of Topliss-reactive ketones (excluding diaryl/α,β-unsaturated/α-hetero) is 1. The quantitative estimate of drug-likeness (QED) is 0.680. The second-order valence-corrected chi connectivity index (χ2v) is 6.42. The van der Waals surface area contributed by atoms with Gasteiger partial charge in [-0.25, -0.2) is 4.79 Å². The Labute approximate surface area is 167 Å². The summed E-state index contributed by atoms with van der Waals surface area (Å²) in [5.74, 6) is -2.55. The fourth-order valence-corrected chi connectivity index (χ4v) is 3.50. The van der Waals surface area contributed by atoms with Crippen LogP contribution >= 0.6 is 0 Å². The van der Waals surface area contributed by atoms with Gasteiger partial charge in [-0.15, -0.1) is 0 Å². The van der Waals surface area contributed by atoms with Crippen molar-refractivity contribution in [1.82, 2.24) is 0 Å². The number of ketones is 1. The highest BCUT2D eigenvalue weighted by atomic mass is 16.5. The van der Waals surface area contributed by atoms with E-state index in [0.717, 1.165) is 10.5 Å². The molecule has 0 saturated heterocycles. The van der Waals surface area contributed by atoms with Crippen LogP contribution in [0.3, 0.4) is 0 Å². The van der Waals surface area contributed by atoms with E-state index in [0.29, 0.717) is 6.42 Å². The molecule has 0 aliphatic carbocycles. The van der Waals surface area contributed by atoms with Crippen LogP contribution in [-0.4, -0.2) is 50.1 Å². The lowest BCUT2D eigenvalue weighted by Gasteiger charge is -2.25. The number of anilines is 1. The van der Waals surface area contributed by atoms with Crippen LogP contribution in [0.25, 0.3) is 0 Å². The Morgan fingerprint density at radius 2 is 1.69 bits per heavy atom. The third kappa shape index (κ3) is 3.49. The van der Waals surface area contributed by atoms with Gasteiger partial charge in [-0.2, -0.15) is 0 Å². The van der Waals surface area contributed by atoms with E-state index in [1.54, 1.807) is 0 Å². The van der Waals surface area contributed by atoms with Crippen LogP contribution in [0.1, 0.15) is 22.3 Å². The molecule has 0 aromatic heterocycles. The largest absolute Gasteiger partial charge is 0.493 e. The van der Waals surface area contributed by atoms with Gasteiger partial charge in [-0.3, -0.25) is 14.5 Å². The molecular formula is C21H21NO7. The number of carbonyl (C=O) groups excluding carboxylic acids is 2. The highest BCUT2D eigenvalue weighted by Gasteiger charge is 2.46. The first-order valence-electron chi connectivity index (χ1n) is 8.92. The van der Waals surface area contributed by atoms with Gasteiger partial charge in [-0.05, 0) is 18.4 Å². The zero-order valence-corrected chi connectivity index (χ0v) is 16.3. The zero-order valence-electron chi connectivity index (χ0n) is 16.3. The molecule has 0 bridgehead atoms. The number of benzene rings is 2. The van der Waals surface area contributed by atoms with Gasteiger partial charge in [0.25, 0.3) is 11.7 Å². The Balaban J connectivity index is 2.07. The van der Waals surface area contributed by atoms with Crippen LogP contribution in [0.4, 0.5) is 5.69 Å². The molecule has 1 heterocycles. The van der Waals surface area contributed by atoms with Gasteiger partial charge < -0.3 is 19.3 Å². The van der Waals surface area contributed by atoms with Gasteiger partial charge in [0, 0.05) is 6.07 Å². The average molecular weight is 399 g/mol. The molecule has 0 saturated carbocycles. The summed E-state index contributed by atoms with van der Waals surface area (Å²) < 4.78 is 15.9. The minimum atomic E-state index is -1.23. The van der Waals surface area contributed by atoms with E-state index in [2.05, 4.69) is 0 Å². The molecule has 2 aromatic rings. The van der Waals surface area contributed by atoms with E-state index < -0.39 is 23.7 Å². The number of hydrogen-bond acceptors (Lipinski definition) is 6. The molecule has 1 atom stereocenters. The summed E-state index contributed by atoms with van der Waals surface area (Å²) in [4.78, 5) is 38.5. The van der Waals surface area contributed by atoms with Crippen LogP contribution in [0, 0.1) is 0 Å². The van der Waals surface area contributed by atoms with Gasteiger partial charge in [0.1, 0.15) is 6.04 Å². The van der Waals surface area contributed by atoms with Crippen molar-refractivity contribution in [2.45, 2.75) is 18.9 Å². The molecule has 0 fully saturated rings. The first-order chi connectivity index (χ1) is 13.9. The molecule has 1 aliphatic heterocycles. The van der Waals surface area contributed by atoms with Crippen LogP contribution in [0.5, 0.6) is 17.2 Å². The summed E-state index contributed by atoms with van der Waals surface area (Å²) in [6.07, 6.45) is 0.560. The highest BCUT2D eigenvalue weighted by Crippen LogP contribution is 2.48. The van der Waals surface area contributed by atoms with E-state index in [4.69, 9.17) is 14.2 Å². The van der Waals surface area contributed by atoms with Gasteiger partial charge in [0.15, 0.2) is 11.5 Å². The Kier molecular flexibility index (Phi) is 5.72. The SMILES string of the molecule is COc1cc2c(c(OC)c1OC)C(=O)C(=O)N2C(CCc1ccccc1)C(=O)O. The van der Waals surface area contributed by atoms with Crippen LogP contribution in [-0.2, 0) is 16.0 Å². The number of ether oxygens (including phenoxy) is 3. The number of carboxylic acid groups (broad SMARTS) is 1. The average Bonchev–Trinajstić information content (AvgIpc) is 2.97. The van der Waals surface area contributed by atoms with Gasteiger partial charge in [0.2, 0.25) is 5.75 Å². The maximum Gasteiger partial charge on any atom is 0.326 e. The number of aryl methyl sites for hydroxylation is 1. The maximum absolute atomic E-state index is 12.8. The number of carboxylic acids is 1. The van der Waals surface area contributed by atoms with E-state index in [1.807, 2.05) is 30.3 Å². The number of methoxy groups -OCH3 is 3.